The van der Waals surface area contributed by atoms with E-state index in [-0.39, 0.29) is 0 Å². The van der Waals surface area contributed by atoms with Gasteiger partial charge in [0, 0.05) is 6.42 Å². The van der Waals surface area contributed by atoms with Crippen LogP contribution >= 0.6 is 0 Å². The maximum atomic E-state index is 5.52. The molecule has 0 aliphatic carbocycles. The van der Waals surface area contributed by atoms with Crippen LogP contribution in [0.5, 0.6) is 11.5 Å². The summed E-state index contributed by atoms with van der Waals surface area (Å²) in [4.78, 5) is 0. The van der Waals surface area contributed by atoms with E-state index < -0.39 is 0 Å². The first-order chi connectivity index (χ1) is 8.76. The molecule has 0 spiro atoms. The fraction of sp³-hybridized carbons (Fsp3) is 0.500. The Bertz CT molecular complexity index is 404. The SMILES string of the molecule is C#CCC(CCC)c1ccc(OCC)c(OC)c1. The second-order valence-corrected chi connectivity index (χ2v) is 4.24. The second kappa shape index (κ2) is 7.66. The van der Waals surface area contributed by atoms with Gasteiger partial charge in [-0.3, -0.25) is 0 Å². The summed E-state index contributed by atoms with van der Waals surface area (Å²) in [7, 11) is 1.66. The number of hydrogen-bond donors (Lipinski definition) is 0. The van der Waals surface area contributed by atoms with Gasteiger partial charge in [0.2, 0.25) is 0 Å². The van der Waals surface area contributed by atoms with Gasteiger partial charge in [-0.2, -0.15) is 0 Å². The summed E-state index contributed by atoms with van der Waals surface area (Å²) in [5, 5.41) is 0. The zero-order chi connectivity index (χ0) is 13.4. The topological polar surface area (TPSA) is 18.5 Å². The summed E-state index contributed by atoms with van der Waals surface area (Å²) in [6.07, 6.45) is 8.43. The van der Waals surface area contributed by atoms with Gasteiger partial charge in [0.25, 0.3) is 0 Å². The molecule has 0 aromatic heterocycles. The zero-order valence-electron chi connectivity index (χ0n) is 11.5. The van der Waals surface area contributed by atoms with Crippen LogP contribution in [0.2, 0.25) is 0 Å². The predicted molar refractivity (Wildman–Crippen MR) is 75.3 cm³/mol. The molecule has 2 heteroatoms. The lowest BCUT2D eigenvalue weighted by atomic mass is 9.91. The van der Waals surface area contributed by atoms with E-state index in [4.69, 9.17) is 15.9 Å². The van der Waals surface area contributed by atoms with Crippen LogP contribution in [0.25, 0.3) is 0 Å². The van der Waals surface area contributed by atoms with E-state index in [1.165, 1.54) is 5.56 Å². The Balaban J connectivity index is 2.98. The lowest BCUT2D eigenvalue weighted by Crippen LogP contribution is -2.00. The minimum Gasteiger partial charge on any atom is -0.493 e. The van der Waals surface area contributed by atoms with Gasteiger partial charge in [0.15, 0.2) is 11.5 Å². The smallest absolute Gasteiger partial charge is 0.161 e. The first-order valence-electron chi connectivity index (χ1n) is 6.50. The van der Waals surface area contributed by atoms with Crippen LogP contribution in [0, 0.1) is 12.3 Å². The summed E-state index contributed by atoms with van der Waals surface area (Å²) >= 11 is 0. The lowest BCUT2D eigenvalue weighted by Gasteiger charge is -2.16. The Labute approximate surface area is 110 Å². The molecule has 0 saturated carbocycles. The number of hydrogen-bond acceptors (Lipinski definition) is 2. The largest absolute Gasteiger partial charge is 0.493 e. The number of benzene rings is 1. The van der Waals surface area contributed by atoms with Crippen molar-refractivity contribution in [3.8, 4) is 23.8 Å². The third kappa shape index (κ3) is 3.70. The molecule has 0 aliphatic heterocycles. The highest BCUT2D eigenvalue weighted by molar-refractivity contribution is 5.44. The standard InChI is InChI=1S/C16H22O2/c1-5-8-13(9-6-2)14-10-11-15(18-7-3)16(12-14)17-4/h1,10-13H,6-9H2,2-4H3. The molecule has 0 heterocycles. The van der Waals surface area contributed by atoms with Gasteiger partial charge in [0.05, 0.1) is 13.7 Å². The predicted octanol–water partition coefficient (Wildman–Crippen LogP) is 4.00. The van der Waals surface area contributed by atoms with Gasteiger partial charge >= 0.3 is 0 Å². The molecule has 2 nitrogen and oxygen atoms in total. The Morgan fingerprint density at radius 1 is 1.28 bits per heavy atom. The summed E-state index contributed by atoms with van der Waals surface area (Å²) in [5.74, 6) is 4.74. The molecule has 0 radical (unpaired) electrons. The number of rotatable bonds is 7. The molecular formula is C16H22O2. The van der Waals surface area contributed by atoms with Gasteiger partial charge in [-0.25, -0.2) is 0 Å². The first kappa shape index (κ1) is 14.4. The van der Waals surface area contributed by atoms with Crippen molar-refractivity contribution in [1.29, 1.82) is 0 Å². The minimum atomic E-state index is 0.407. The monoisotopic (exact) mass is 246 g/mol. The van der Waals surface area contributed by atoms with Crippen molar-refractivity contribution >= 4 is 0 Å². The summed E-state index contributed by atoms with van der Waals surface area (Å²) < 4.78 is 10.9. The van der Waals surface area contributed by atoms with Crippen molar-refractivity contribution in [2.45, 2.75) is 39.0 Å². The van der Waals surface area contributed by atoms with Crippen LogP contribution in [0.3, 0.4) is 0 Å². The van der Waals surface area contributed by atoms with Crippen LogP contribution in [-0.4, -0.2) is 13.7 Å². The Morgan fingerprint density at radius 3 is 2.61 bits per heavy atom. The molecule has 1 aromatic carbocycles. The van der Waals surface area contributed by atoms with E-state index in [9.17, 15) is 0 Å². The van der Waals surface area contributed by atoms with E-state index in [2.05, 4.69) is 18.9 Å². The number of terminal acetylenes is 1. The molecule has 98 valence electrons. The fourth-order valence-corrected chi connectivity index (χ4v) is 2.09. The van der Waals surface area contributed by atoms with Crippen molar-refractivity contribution < 1.29 is 9.47 Å². The van der Waals surface area contributed by atoms with Gasteiger partial charge < -0.3 is 9.47 Å². The first-order valence-corrected chi connectivity index (χ1v) is 6.50. The third-order valence-electron chi connectivity index (χ3n) is 2.96. The van der Waals surface area contributed by atoms with Crippen molar-refractivity contribution in [2.75, 3.05) is 13.7 Å². The summed E-state index contributed by atoms with van der Waals surface area (Å²) in [5.41, 5.74) is 1.23. The van der Waals surface area contributed by atoms with E-state index in [1.54, 1.807) is 7.11 Å². The molecule has 0 saturated heterocycles. The molecule has 1 unspecified atom stereocenters. The highest BCUT2D eigenvalue weighted by atomic mass is 16.5. The highest BCUT2D eigenvalue weighted by Gasteiger charge is 2.13. The van der Waals surface area contributed by atoms with Crippen molar-refractivity contribution in [1.82, 2.24) is 0 Å². The van der Waals surface area contributed by atoms with Crippen molar-refractivity contribution in [3.05, 3.63) is 23.8 Å². The zero-order valence-corrected chi connectivity index (χ0v) is 11.5. The molecule has 0 N–H and O–H groups in total. The summed E-state index contributed by atoms with van der Waals surface area (Å²) in [6, 6.07) is 6.10. The van der Waals surface area contributed by atoms with E-state index >= 15 is 0 Å². The normalized spacial score (nSPS) is 11.7. The van der Waals surface area contributed by atoms with E-state index in [1.807, 2.05) is 19.1 Å². The molecule has 0 amide bonds. The summed E-state index contributed by atoms with van der Waals surface area (Å²) in [6.45, 7) is 4.78. The molecule has 0 bridgehead atoms. The average Bonchev–Trinajstić information content (AvgIpc) is 2.39. The van der Waals surface area contributed by atoms with Gasteiger partial charge in [-0.1, -0.05) is 19.4 Å². The number of ether oxygens (including phenoxy) is 2. The van der Waals surface area contributed by atoms with Gasteiger partial charge in [0.1, 0.15) is 0 Å². The van der Waals surface area contributed by atoms with Crippen LogP contribution < -0.4 is 9.47 Å². The maximum Gasteiger partial charge on any atom is 0.161 e. The van der Waals surface area contributed by atoms with E-state index in [0.717, 1.165) is 30.8 Å². The lowest BCUT2D eigenvalue weighted by molar-refractivity contribution is 0.310. The van der Waals surface area contributed by atoms with Crippen molar-refractivity contribution in [3.63, 3.8) is 0 Å². The van der Waals surface area contributed by atoms with Gasteiger partial charge in [-0.05, 0) is 37.0 Å². The van der Waals surface area contributed by atoms with Crippen LogP contribution in [0.4, 0.5) is 0 Å². The highest BCUT2D eigenvalue weighted by Crippen LogP contribution is 2.33. The molecule has 18 heavy (non-hydrogen) atoms. The Kier molecular flexibility index (Phi) is 6.14. The Hall–Kier alpha value is -1.62. The van der Waals surface area contributed by atoms with Crippen LogP contribution in [0.1, 0.15) is 44.6 Å². The molecule has 1 atom stereocenters. The van der Waals surface area contributed by atoms with E-state index in [0.29, 0.717) is 12.5 Å². The number of methoxy groups -OCH3 is 1. The molecule has 1 rings (SSSR count). The van der Waals surface area contributed by atoms with Crippen molar-refractivity contribution in [2.24, 2.45) is 0 Å². The van der Waals surface area contributed by atoms with Gasteiger partial charge in [-0.15, -0.1) is 12.3 Å². The molecular weight excluding hydrogens is 224 g/mol. The second-order valence-electron chi connectivity index (χ2n) is 4.24. The maximum absolute atomic E-state index is 5.52. The third-order valence-corrected chi connectivity index (χ3v) is 2.96. The fourth-order valence-electron chi connectivity index (χ4n) is 2.09. The molecule has 0 fully saturated rings. The average molecular weight is 246 g/mol. The van der Waals surface area contributed by atoms with Crippen LogP contribution in [-0.2, 0) is 0 Å². The quantitative estimate of drug-likeness (QED) is 0.677. The minimum absolute atomic E-state index is 0.407. The molecule has 1 aromatic rings. The molecule has 0 aliphatic rings. The van der Waals surface area contributed by atoms with Crippen LogP contribution in [0.15, 0.2) is 18.2 Å². The Morgan fingerprint density at radius 2 is 2.06 bits per heavy atom.